The Morgan fingerprint density at radius 2 is 2.23 bits per heavy atom. The SMILES string of the molecule is Cc1ccc(F)cc1[C@@H](N)CCO. The van der Waals surface area contributed by atoms with Crippen LogP contribution in [0, 0.1) is 12.7 Å². The zero-order valence-corrected chi connectivity index (χ0v) is 7.63. The average molecular weight is 183 g/mol. The number of aryl methyl sites for hydroxylation is 1. The monoisotopic (exact) mass is 183 g/mol. The molecular weight excluding hydrogens is 169 g/mol. The van der Waals surface area contributed by atoms with Gasteiger partial charge in [0.1, 0.15) is 5.82 Å². The number of rotatable bonds is 3. The summed E-state index contributed by atoms with van der Waals surface area (Å²) in [6.45, 7) is 1.91. The molecule has 0 amide bonds. The van der Waals surface area contributed by atoms with Crippen LogP contribution in [-0.2, 0) is 0 Å². The number of nitrogens with two attached hydrogens (primary N) is 1. The first kappa shape index (κ1) is 10.2. The molecule has 0 spiro atoms. The first-order valence-corrected chi connectivity index (χ1v) is 4.27. The van der Waals surface area contributed by atoms with Crippen molar-refractivity contribution in [2.75, 3.05) is 6.61 Å². The molecule has 0 saturated carbocycles. The van der Waals surface area contributed by atoms with Gasteiger partial charge in [-0.25, -0.2) is 4.39 Å². The summed E-state index contributed by atoms with van der Waals surface area (Å²) >= 11 is 0. The van der Waals surface area contributed by atoms with Gasteiger partial charge in [-0.2, -0.15) is 0 Å². The van der Waals surface area contributed by atoms with Crippen molar-refractivity contribution >= 4 is 0 Å². The molecule has 1 aromatic carbocycles. The molecule has 0 fully saturated rings. The van der Waals surface area contributed by atoms with Crippen molar-refractivity contribution in [1.82, 2.24) is 0 Å². The van der Waals surface area contributed by atoms with Crippen molar-refractivity contribution < 1.29 is 9.50 Å². The van der Waals surface area contributed by atoms with Crippen molar-refractivity contribution in [3.8, 4) is 0 Å². The lowest BCUT2D eigenvalue weighted by atomic mass is 10.00. The molecule has 3 heteroatoms. The van der Waals surface area contributed by atoms with Crippen LogP contribution in [0.3, 0.4) is 0 Å². The van der Waals surface area contributed by atoms with E-state index in [-0.39, 0.29) is 18.5 Å². The van der Waals surface area contributed by atoms with Gasteiger partial charge in [0.05, 0.1) is 0 Å². The van der Waals surface area contributed by atoms with Crippen LogP contribution in [0.25, 0.3) is 0 Å². The van der Waals surface area contributed by atoms with E-state index in [9.17, 15) is 4.39 Å². The van der Waals surface area contributed by atoms with Gasteiger partial charge >= 0.3 is 0 Å². The van der Waals surface area contributed by atoms with E-state index in [2.05, 4.69) is 0 Å². The minimum absolute atomic E-state index is 0.0249. The van der Waals surface area contributed by atoms with Gasteiger partial charge in [0.25, 0.3) is 0 Å². The Hall–Kier alpha value is -0.930. The normalized spacial score (nSPS) is 12.9. The quantitative estimate of drug-likeness (QED) is 0.746. The van der Waals surface area contributed by atoms with E-state index in [0.717, 1.165) is 11.1 Å². The van der Waals surface area contributed by atoms with Gasteiger partial charge in [0.2, 0.25) is 0 Å². The molecule has 1 atom stereocenters. The predicted octanol–water partition coefficient (Wildman–Crippen LogP) is 1.52. The fourth-order valence-corrected chi connectivity index (χ4v) is 1.31. The number of hydrogen-bond donors (Lipinski definition) is 2. The van der Waals surface area contributed by atoms with Crippen molar-refractivity contribution in [3.05, 3.63) is 35.1 Å². The molecule has 0 aliphatic carbocycles. The molecule has 0 radical (unpaired) electrons. The molecule has 0 aliphatic rings. The Morgan fingerprint density at radius 3 is 2.85 bits per heavy atom. The van der Waals surface area contributed by atoms with E-state index in [0.29, 0.717) is 6.42 Å². The summed E-state index contributed by atoms with van der Waals surface area (Å²) in [5.74, 6) is -0.283. The average Bonchev–Trinajstić information content (AvgIpc) is 2.09. The van der Waals surface area contributed by atoms with E-state index in [4.69, 9.17) is 10.8 Å². The van der Waals surface area contributed by atoms with E-state index in [1.54, 1.807) is 6.07 Å². The van der Waals surface area contributed by atoms with E-state index >= 15 is 0 Å². The topological polar surface area (TPSA) is 46.2 Å². The largest absolute Gasteiger partial charge is 0.396 e. The lowest BCUT2D eigenvalue weighted by Crippen LogP contribution is -2.13. The minimum atomic E-state index is -0.283. The molecule has 1 aromatic rings. The molecule has 0 unspecified atom stereocenters. The van der Waals surface area contributed by atoms with Crippen LogP contribution in [0.5, 0.6) is 0 Å². The van der Waals surface area contributed by atoms with Crippen LogP contribution in [0.1, 0.15) is 23.6 Å². The van der Waals surface area contributed by atoms with Crippen molar-refractivity contribution in [1.29, 1.82) is 0 Å². The summed E-state index contributed by atoms with van der Waals surface area (Å²) in [7, 11) is 0. The summed E-state index contributed by atoms with van der Waals surface area (Å²) in [5.41, 5.74) is 7.48. The van der Waals surface area contributed by atoms with Gasteiger partial charge in [-0.3, -0.25) is 0 Å². The van der Waals surface area contributed by atoms with Gasteiger partial charge < -0.3 is 10.8 Å². The van der Waals surface area contributed by atoms with Gasteiger partial charge in [-0.1, -0.05) is 6.07 Å². The standard InChI is InChI=1S/C10H14FNO/c1-7-2-3-8(11)6-9(7)10(12)4-5-13/h2-3,6,10,13H,4-5,12H2,1H3/t10-/m0/s1. The van der Waals surface area contributed by atoms with Crippen molar-refractivity contribution in [3.63, 3.8) is 0 Å². The number of aliphatic hydroxyl groups excluding tert-OH is 1. The fourth-order valence-electron chi connectivity index (χ4n) is 1.31. The van der Waals surface area contributed by atoms with Crippen LogP contribution in [0.4, 0.5) is 4.39 Å². The van der Waals surface area contributed by atoms with Gasteiger partial charge in [-0.05, 0) is 36.6 Å². The molecule has 0 heterocycles. The third-order valence-electron chi connectivity index (χ3n) is 2.08. The molecular formula is C10H14FNO. The molecule has 13 heavy (non-hydrogen) atoms. The second-order valence-corrected chi connectivity index (χ2v) is 3.12. The summed E-state index contributed by atoms with van der Waals surface area (Å²) < 4.78 is 12.8. The van der Waals surface area contributed by atoms with Gasteiger partial charge in [0.15, 0.2) is 0 Å². The second-order valence-electron chi connectivity index (χ2n) is 3.12. The number of aliphatic hydroxyl groups is 1. The molecule has 2 nitrogen and oxygen atoms in total. The number of hydrogen-bond acceptors (Lipinski definition) is 2. The highest BCUT2D eigenvalue weighted by Crippen LogP contribution is 2.19. The first-order valence-electron chi connectivity index (χ1n) is 4.27. The third-order valence-corrected chi connectivity index (χ3v) is 2.08. The highest BCUT2D eigenvalue weighted by atomic mass is 19.1. The molecule has 0 bridgehead atoms. The van der Waals surface area contributed by atoms with Gasteiger partial charge in [0, 0.05) is 12.6 Å². The summed E-state index contributed by atoms with van der Waals surface area (Å²) in [5, 5.41) is 8.68. The van der Waals surface area contributed by atoms with Crippen LogP contribution in [0.2, 0.25) is 0 Å². The van der Waals surface area contributed by atoms with Crippen LogP contribution in [0.15, 0.2) is 18.2 Å². The van der Waals surface area contributed by atoms with Crippen molar-refractivity contribution in [2.24, 2.45) is 5.73 Å². The lowest BCUT2D eigenvalue weighted by Gasteiger charge is -2.13. The molecule has 1 rings (SSSR count). The molecule has 0 aliphatic heterocycles. The van der Waals surface area contributed by atoms with E-state index in [1.165, 1.54) is 12.1 Å². The summed E-state index contributed by atoms with van der Waals surface area (Å²) in [6.07, 6.45) is 0.463. The smallest absolute Gasteiger partial charge is 0.123 e. The Morgan fingerprint density at radius 1 is 1.54 bits per heavy atom. The summed E-state index contributed by atoms with van der Waals surface area (Å²) in [6, 6.07) is 4.25. The summed E-state index contributed by atoms with van der Waals surface area (Å²) in [4.78, 5) is 0. The maximum Gasteiger partial charge on any atom is 0.123 e. The Kier molecular flexibility index (Phi) is 3.39. The van der Waals surface area contributed by atoms with Crippen LogP contribution >= 0.6 is 0 Å². The zero-order valence-electron chi connectivity index (χ0n) is 7.63. The Balaban J connectivity index is 2.91. The van der Waals surface area contributed by atoms with E-state index in [1.807, 2.05) is 6.92 Å². The van der Waals surface area contributed by atoms with Crippen LogP contribution < -0.4 is 5.73 Å². The van der Waals surface area contributed by atoms with Crippen LogP contribution in [-0.4, -0.2) is 11.7 Å². The Labute approximate surface area is 77.2 Å². The minimum Gasteiger partial charge on any atom is -0.396 e. The maximum atomic E-state index is 12.8. The predicted molar refractivity (Wildman–Crippen MR) is 49.8 cm³/mol. The first-order chi connectivity index (χ1) is 6.15. The maximum absolute atomic E-state index is 12.8. The highest BCUT2D eigenvalue weighted by Gasteiger charge is 2.08. The third kappa shape index (κ3) is 2.50. The molecule has 0 saturated heterocycles. The lowest BCUT2D eigenvalue weighted by molar-refractivity contribution is 0.276. The zero-order chi connectivity index (χ0) is 9.84. The number of benzene rings is 1. The fraction of sp³-hybridized carbons (Fsp3) is 0.400. The van der Waals surface area contributed by atoms with Crippen molar-refractivity contribution in [2.45, 2.75) is 19.4 Å². The molecule has 3 N–H and O–H groups in total. The van der Waals surface area contributed by atoms with Gasteiger partial charge in [-0.15, -0.1) is 0 Å². The molecule has 0 aromatic heterocycles. The molecule has 72 valence electrons. The van der Waals surface area contributed by atoms with E-state index < -0.39 is 0 Å². The highest BCUT2D eigenvalue weighted by molar-refractivity contribution is 5.29. The number of halogens is 1. The Bertz CT molecular complexity index is 288. The second kappa shape index (κ2) is 4.35.